The number of hydrogen-bond acceptors (Lipinski definition) is 1. The summed E-state index contributed by atoms with van der Waals surface area (Å²) in [5.41, 5.74) is 5.36. The second-order valence-electron chi connectivity index (χ2n) is 8.98. The molecule has 0 radical (unpaired) electrons. The van der Waals surface area contributed by atoms with E-state index in [1.165, 1.54) is 43.4 Å². The molecule has 0 atom stereocenters. The number of furan rings is 1. The average molecular weight is 434 g/mol. The molecule has 0 fully saturated rings. The molecule has 2 heteroatoms. The highest BCUT2D eigenvalue weighted by molar-refractivity contribution is 6.28. The van der Waals surface area contributed by atoms with Crippen LogP contribution in [0.3, 0.4) is 0 Å². The predicted octanol–water partition coefficient (Wildman–Crippen LogP) is 8.99. The summed E-state index contributed by atoms with van der Waals surface area (Å²) in [6.45, 7) is 0. The van der Waals surface area contributed by atoms with Crippen LogP contribution in [0.15, 0.2) is 120 Å². The van der Waals surface area contributed by atoms with E-state index in [-0.39, 0.29) is 0 Å². The Labute approximate surface area is 195 Å². The van der Waals surface area contributed by atoms with Gasteiger partial charge in [0.1, 0.15) is 11.2 Å². The summed E-state index contributed by atoms with van der Waals surface area (Å²) >= 11 is 0. The van der Waals surface area contributed by atoms with Crippen molar-refractivity contribution in [3.8, 4) is 5.69 Å². The Morgan fingerprint density at radius 2 is 1.00 bits per heavy atom. The van der Waals surface area contributed by atoms with E-state index < -0.39 is 0 Å². The summed E-state index contributed by atoms with van der Waals surface area (Å²) in [5.74, 6) is 0. The van der Waals surface area contributed by atoms with Gasteiger partial charge in [0.15, 0.2) is 0 Å². The lowest BCUT2D eigenvalue weighted by Crippen LogP contribution is -1.93. The lowest BCUT2D eigenvalue weighted by atomic mass is 10.00. The van der Waals surface area contributed by atoms with Gasteiger partial charge in [-0.3, -0.25) is 0 Å². The molecule has 2 nitrogen and oxygen atoms in total. The fourth-order valence-electron chi connectivity index (χ4n) is 5.68. The van der Waals surface area contributed by atoms with Gasteiger partial charge in [-0.25, -0.2) is 0 Å². The van der Waals surface area contributed by atoms with Crippen LogP contribution in [-0.2, 0) is 0 Å². The lowest BCUT2D eigenvalue weighted by molar-refractivity contribution is 0.668. The van der Waals surface area contributed by atoms with Crippen molar-refractivity contribution in [2.24, 2.45) is 0 Å². The summed E-state index contributed by atoms with van der Waals surface area (Å²) < 4.78 is 8.63. The molecular formula is C32H19NO. The topological polar surface area (TPSA) is 18.1 Å². The summed E-state index contributed by atoms with van der Waals surface area (Å²) in [7, 11) is 0. The Hall–Kier alpha value is -4.56. The van der Waals surface area contributed by atoms with E-state index in [0.29, 0.717) is 0 Å². The van der Waals surface area contributed by atoms with Crippen LogP contribution < -0.4 is 0 Å². The molecular weight excluding hydrogens is 414 g/mol. The Morgan fingerprint density at radius 3 is 1.68 bits per heavy atom. The summed E-state index contributed by atoms with van der Waals surface area (Å²) in [5, 5.41) is 9.99. The van der Waals surface area contributed by atoms with E-state index in [9.17, 15) is 0 Å². The van der Waals surface area contributed by atoms with Gasteiger partial charge in [0.05, 0.1) is 11.0 Å². The Bertz CT molecular complexity index is 1980. The standard InChI is InChI=1S/C32H19NO/c1-3-9-23-20(7-1)13-17-27-31(23)32-24-10-4-2-8-21(24)14-18-28(32)33(27)22-15-16-26-25-11-5-6-12-29(25)34-30(26)19-22/h1-19H. The molecule has 8 aromatic rings. The SMILES string of the molecule is c1ccc2c(c1)ccc1c2c2c3ccccc3ccc2n1-c1ccc2c(c1)oc1ccccc12. The molecule has 0 amide bonds. The van der Waals surface area contributed by atoms with Gasteiger partial charge >= 0.3 is 0 Å². The van der Waals surface area contributed by atoms with Crippen LogP contribution in [0.1, 0.15) is 0 Å². The van der Waals surface area contributed by atoms with E-state index in [2.05, 4.69) is 108 Å². The van der Waals surface area contributed by atoms with E-state index in [4.69, 9.17) is 4.42 Å². The predicted molar refractivity (Wildman–Crippen MR) is 143 cm³/mol. The average Bonchev–Trinajstić information content (AvgIpc) is 3.44. The van der Waals surface area contributed by atoms with Crippen LogP contribution in [0.5, 0.6) is 0 Å². The first-order valence-corrected chi connectivity index (χ1v) is 11.6. The lowest BCUT2D eigenvalue weighted by Gasteiger charge is -2.08. The largest absolute Gasteiger partial charge is 0.456 e. The van der Waals surface area contributed by atoms with Crippen molar-refractivity contribution < 1.29 is 4.42 Å². The van der Waals surface area contributed by atoms with Gasteiger partial charge in [-0.2, -0.15) is 0 Å². The molecule has 0 saturated heterocycles. The van der Waals surface area contributed by atoms with Crippen molar-refractivity contribution in [2.75, 3.05) is 0 Å². The van der Waals surface area contributed by atoms with Crippen molar-refractivity contribution in [2.45, 2.75) is 0 Å². The molecule has 0 N–H and O–H groups in total. The van der Waals surface area contributed by atoms with E-state index in [0.717, 1.165) is 27.6 Å². The summed E-state index contributed by atoms with van der Waals surface area (Å²) in [6, 6.07) is 41.2. The third-order valence-corrected chi connectivity index (χ3v) is 7.17. The molecule has 0 aliphatic rings. The van der Waals surface area contributed by atoms with Gasteiger partial charge in [0, 0.05) is 33.3 Å². The summed E-state index contributed by atoms with van der Waals surface area (Å²) in [6.07, 6.45) is 0. The highest BCUT2D eigenvalue weighted by atomic mass is 16.3. The van der Waals surface area contributed by atoms with Crippen molar-refractivity contribution in [1.29, 1.82) is 0 Å². The molecule has 6 aromatic carbocycles. The van der Waals surface area contributed by atoms with Crippen LogP contribution in [0.2, 0.25) is 0 Å². The van der Waals surface area contributed by atoms with E-state index in [1.54, 1.807) is 0 Å². The molecule has 0 bridgehead atoms. The number of hydrogen-bond donors (Lipinski definition) is 0. The first-order chi connectivity index (χ1) is 16.9. The monoisotopic (exact) mass is 433 g/mol. The molecule has 34 heavy (non-hydrogen) atoms. The third kappa shape index (κ3) is 2.29. The highest BCUT2D eigenvalue weighted by Gasteiger charge is 2.18. The van der Waals surface area contributed by atoms with Gasteiger partial charge in [0.2, 0.25) is 0 Å². The molecule has 8 rings (SSSR count). The van der Waals surface area contributed by atoms with Gasteiger partial charge in [0.25, 0.3) is 0 Å². The van der Waals surface area contributed by atoms with Gasteiger partial charge in [-0.15, -0.1) is 0 Å². The first kappa shape index (κ1) is 17.9. The quantitative estimate of drug-likeness (QED) is 0.253. The maximum Gasteiger partial charge on any atom is 0.137 e. The number of para-hydroxylation sites is 1. The molecule has 0 spiro atoms. The zero-order valence-corrected chi connectivity index (χ0v) is 18.3. The van der Waals surface area contributed by atoms with Crippen molar-refractivity contribution in [1.82, 2.24) is 4.57 Å². The number of benzene rings is 6. The van der Waals surface area contributed by atoms with Crippen LogP contribution in [0, 0.1) is 0 Å². The highest BCUT2D eigenvalue weighted by Crippen LogP contribution is 2.41. The number of rotatable bonds is 1. The number of fused-ring (bicyclic) bond motifs is 10. The molecule has 2 heterocycles. The first-order valence-electron chi connectivity index (χ1n) is 11.6. The van der Waals surface area contributed by atoms with E-state index >= 15 is 0 Å². The van der Waals surface area contributed by atoms with Crippen LogP contribution in [-0.4, -0.2) is 4.57 Å². The minimum absolute atomic E-state index is 0.912. The zero-order valence-electron chi connectivity index (χ0n) is 18.3. The van der Waals surface area contributed by atoms with Gasteiger partial charge in [-0.1, -0.05) is 78.9 Å². The molecule has 0 unspecified atom stereocenters. The Balaban J connectivity index is 1.57. The van der Waals surface area contributed by atoms with Crippen molar-refractivity contribution in [3.05, 3.63) is 115 Å². The molecule has 2 aromatic heterocycles. The van der Waals surface area contributed by atoms with Crippen LogP contribution >= 0.6 is 0 Å². The van der Waals surface area contributed by atoms with Crippen LogP contribution in [0.4, 0.5) is 0 Å². The minimum Gasteiger partial charge on any atom is -0.456 e. The second-order valence-corrected chi connectivity index (χ2v) is 8.98. The fourth-order valence-corrected chi connectivity index (χ4v) is 5.68. The normalized spacial score (nSPS) is 12.1. The number of nitrogens with zero attached hydrogens (tertiary/aromatic N) is 1. The second kappa shape index (κ2) is 6.49. The van der Waals surface area contributed by atoms with Gasteiger partial charge < -0.3 is 8.98 Å². The molecule has 158 valence electrons. The molecule has 0 saturated carbocycles. The number of aromatic nitrogens is 1. The maximum absolute atomic E-state index is 6.24. The van der Waals surface area contributed by atoms with Crippen LogP contribution in [0.25, 0.3) is 71.0 Å². The van der Waals surface area contributed by atoms with Crippen molar-refractivity contribution in [3.63, 3.8) is 0 Å². The summed E-state index contributed by atoms with van der Waals surface area (Å²) in [4.78, 5) is 0. The maximum atomic E-state index is 6.24. The smallest absolute Gasteiger partial charge is 0.137 e. The molecule has 0 aliphatic carbocycles. The molecule has 0 aliphatic heterocycles. The fraction of sp³-hybridized carbons (Fsp3) is 0. The Kier molecular flexibility index (Phi) is 3.42. The van der Waals surface area contributed by atoms with Crippen molar-refractivity contribution >= 4 is 65.3 Å². The Morgan fingerprint density at radius 1 is 0.441 bits per heavy atom. The third-order valence-electron chi connectivity index (χ3n) is 7.17. The van der Waals surface area contributed by atoms with E-state index in [1.807, 2.05) is 12.1 Å². The van der Waals surface area contributed by atoms with Gasteiger partial charge in [-0.05, 0) is 51.9 Å². The zero-order chi connectivity index (χ0) is 22.2. The minimum atomic E-state index is 0.912.